The molecule has 1 amide bonds. The molecule has 0 aliphatic heterocycles. The summed E-state index contributed by atoms with van der Waals surface area (Å²) < 4.78 is 26.0. The first kappa shape index (κ1) is 15.9. The number of amides is 1. The number of thioether (sulfide) groups is 1. The third kappa shape index (κ3) is 2.95. The molecule has 23 heavy (non-hydrogen) atoms. The normalized spacial score (nSPS) is 11.7. The third-order valence-corrected chi connectivity index (χ3v) is 6.14. The minimum atomic E-state index is -3.83. The number of fused-ring (bicyclic) bond motifs is 1. The molecule has 2 aromatic carbocycles. The van der Waals surface area contributed by atoms with E-state index in [0.717, 1.165) is 0 Å². The monoisotopic (exact) mass is 366 g/mol. The maximum absolute atomic E-state index is 13.0. The van der Waals surface area contributed by atoms with Crippen molar-refractivity contribution < 1.29 is 13.2 Å². The summed E-state index contributed by atoms with van der Waals surface area (Å²) in [5, 5.41) is 0.299. The molecule has 0 aliphatic carbocycles. The quantitative estimate of drug-likeness (QED) is 0.689. The first-order chi connectivity index (χ1) is 10.9. The Bertz CT molecular complexity index is 998. The average Bonchev–Trinajstić information content (AvgIpc) is 2.85. The Labute approximate surface area is 141 Å². The van der Waals surface area contributed by atoms with Gasteiger partial charge in [-0.3, -0.25) is 4.79 Å². The highest BCUT2D eigenvalue weighted by atomic mass is 35.5. The molecule has 3 rings (SSSR count). The lowest BCUT2D eigenvalue weighted by Crippen LogP contribution is -2.06. The Kier molecular flexibility index (Phi) is 4.09. The van der Waals surface area contributed by atoms with Crippen LogP contribution in [0, 0.1) is 0 Å². The maximum Gasteiger partial charge on any atom is 0.282 e. The summed E-state index contributed by atoms with van der Waals surface area (Å²) in [4.78, 5) is 14.3. The highest BCUT2D eigenvalue weighted by Gasteiger charge is 2.27. The van der Waals surface area contributed by atoms with Crippen molar-refractivity contribution in [2.24, 2.45) is 5.73 Å². The Morgan fingerprint density at radius 3 is 2.48 bits per heavy atom. The van der Waals surface area contributed by atoms with Crippen LogP contribution in [0.15, 0.2) is 63.3 Å². The van der Waals surface area contributed by atoms with Gasteiger partial charge in [0.2, 0.25) is 9.84 Å². The number of carbonyl (C=O) groups excluding carboxylic acids is 1. The predicted octanol–water partition coefficient (Wildman–Crippen LogP) is 3.82. The summed E-state index contributed by atoms with van der Waals surface area (Å²) in [5.41, 5.74) is 5.77. The van der Waals surface area contributed by atoms with Crippen LogP contribution in [0.4, 0.5) is 4.79 Å². The van der Waals surface area contributed by atoms with Gasteiger partial charge in [-0.2, -0.15) is 0 Å². The number of aromatic amines is 1. The molecule has 118 valence electrons. The minimum Gasteiger partial charge on any atom is -0.360 e. The number of nitrogens with two attached hydrogens (primary N) is 1. The number of rotatable bonds is 3. The van der Waals surface area contributed by atoms with E-state index in [9.17, 15) is 13.2 Å². The zero-order chi connectivity index (χ0) is 16.6. The molecule has 3 N–H and O–H groups in total. The zero-order valence-corrected chi connectivity index (χ0v) is 14.0. The van der Waals surface area contributed by atoms with Gasteiger partial charge in [0, 0.05) is 15.9 Å². The van der Waals surface area contributed by atoms with Crippen LogP contribution in [0.25, 0.3) is 10.9 Å². The number of primary amides is 1. The van der Waals surface area contributed by atoms with E-state index in [1.165, 1.54) is 12.1 Å². The van der Waals surface area contributed by atoms with Crippen LogP contribution in [0.2, 0.25) is 5.02 Å². The molecule has 8 heteroatoms. The van der Waals surface area contributed by atoms with E-state index >= 15 is 0 Å². The fourth-order valence-corrected chi connectivity index (χ4v) is 4.97. The molecule has 0 bridgehead atoms. The lowest BCUT2D eigenvalue weighted by molar-refractivity contribution is 0.267. The van der Waals surface area contributed by atoms with Crippen molar-refractivity contribution >= 4 is 49.3 Å². The lowest BCUT2D eigenvalue weighted by atomic mass is 10.2. The van der Waals surface area contributed by atoms with Crippen LogP contribution in [0.3, 0.4) is 0 Å². The topological polar surface area (TPSA) is 93.0 Å². The van der Waals surface area contributed by atoms with Gasteiger partial charge in [-0.05, 0) is 42.1 Å². The number of nitrogens with one attached hydrogen (secondary N) is 1. The van der Waals surface area contributed by atoms with Gasteiger partial charge >= 0.3 is 0 Å². The molecule has 1 aromatic heterocycles. The van der Waals surface area contributed by atoms with Gasteiger partial charge in [0.05, 0.1) is 4.90 Å². The van der Waals surface area contributed by atoms with Gasteiger partial charge < -0.3 is 10.7 Å². The largest absolute Gasteiger partial charge is 0.360 e. The molecule has 0 fully saturated rings. The van der Waals surface area contributed by atoms with E-state index in [-0.39, 0.29) is 14.8 Å². The molecule has 0 saturated carbocycles. The van der Waals surface area contributed by atoms with E-state index in [2.05, 4.69) is 4.98 Å². The van der Waals surface area contributed by atoms with Gasteiger partial charge in [-0.25, -0.2) is 8.42 Å². The third-order valence-electron chi connectivity index (χ3n) is 3.21. The van der Waals surface area contributed by atoms with Crippen molar-refractivity contribution in [3.05, 3.63) is 53.6 Å². The summed E-state index contributed by atoms with van der Waals surface area (Å²) in [6.07, 6.45) is 0. The number of H-pyrrole nitrogens is 1. The summed E-state index contributed by atoms with van der Waals surface area (Å²) in [6.45, 7) is 0. The van der Waals surface area contributed by atoms with Crippen LogP contribution in [0.1, 0.15) is 0 Å². The summed E-state index contributed by atoms with van der Waals surface area (Å²) in [6, 6.07) is 12.8. The molecule has 0 saturated heterocycles. The fourth-order valence-electron chi connectivity index (χ4n) is 2.27. The second-order valence-electron chi connectivity index (χ2n) is 4.71. The number of carbonyl (C=O) groups is 1. The Morgan fingerprint density at radius 2 is 1.83 bits per heavy atom. The lowest BCUT2D eigenvalue weighted by Gasteiger charge is -2.06. The van der Waals surface area contributed by atoms with Crippen molar-refractivity contribution in [3.63, 3.8) is 0 Å². The van der Waals surface area contributed by atoms with Crippen LogP contribution >= 0.6 is 23.4 Å². The highest BCUT2D eigenvalue weighted by Crippen LogP contribution is 2.37. The van der Waals surface area contributed by atoms with Gasteiger partial charge in [0.15, 0.2) is 0 Å². The maximum atomic E-state index is 13.0. The van der Waals surface area contributed by atoms with Crippen LogP contribution in [-0.4, -0.2) is 18.6 Å². The van der Waals surface area contributed by atoms with Gasteiger partial charge in [-0.1, -0.05) is 29.8 Å². The van der Waals surface area contributed by atoms with Gasteiger partial charge in [-0.15, -0.1) is 0 Å². The molecule has 0 spiro atoms. The van der Waals surface area contributed by atoms with E-state index in [1.807, 2.05) is 0 Å². The van der Waals surface area contributed by atoms with E-state index in [4.69, 9.17) is 17.3 Å². The number of hydrogen-bond donors (Lipinski definition) is 2. The molecule has 1 heterocycles. The molecule has 0 radical (unpaired) electrons. The Morgan fingerprint density at radius 1 is 1.13 bits per heavy atom. The average molecular weight is 367 g/mol. The number of benzene rings is 2. The smallest absolute Gasteiger partial charge is 0.282 e. The van der Waals surface area contributed by atoms with Gasteiger partial charge in [0.1, 0.15) is 9.92 Å². The van der Waals surface area contributed by atoms with Crippen molar-refractivity contribution in [2.75, 3.05) is 0 Å². The fraction of sp³-hybridized carbons (Fsp3) is 0. The van der Waals surface area contributed by atoms with E-state index in [1.54, 1.807) is 36.4 Å². The van der Waals surface area contributed by atoms with Crippen molar-refractivity contribution in [2.45, 2.75) is 14.8 Å². The number of halogens is 1. The molecular weight excluding hydrogens is 356 g/mol. The van der Waals surface area contributed by atoms with Crippen molar-refractivity contribution in [3.8, 4) is 0 Å². The predicted molar refractivity (Wildman–Crippen MR) is 90.6 cm³/mol. The zero-order valence-electron chi connectivity index (χ0n) is 11.6. The molecule has 5 nitrogen and oxygen atoms in total. The summed E-state index contributed by atoms with van der Waals surface area (Å²) in [5.74, 6) is 0. The van der Waals surface area contributed by atoms with E-state index in [0.29, 0.717) is 27.7 Å². The van der Waals surface area contributed by atoms with Crippen LogP contribution in [-0.2, 0) is 9.84 Å². The van der Waals surface area contributed by atoms with Crippen LogP contribution < -0.4 is 5.73 Å². The molecule has 0 unspecified atom stereocenters. The second kappa shape index (κ2) is 5.92. The Hall–Kier alpha value is -1.96. The molecule has 3 aromatic rings. The van der Waals surface area contributed by atoms with Crippen molar-refractivity contribution in [1.29, 1.82) is 0 Å². The standard InChI is InChI=1S/C15H11ClN2O3S2/c16-9-6-7-12-11(8-9)13(14(18-12)22-15(17)19)23(20,21)10-4-2-1-3-5-10/h1-8,18H,(H2,17,19). The van der Waals surface area contributed by atoms with Crippen LogP contribution in [0.5, 0.6) is 0 Å². The minimum absolute atomic E-state index is 0.00463. The molecular formula is C15H11ClN2O3S2. The highest BCUT2D eigenvalue weighted by molar-refractivity contribution is 8.13. The number of aromatic nitrogens is 1. The first-order valence-corrected chi connectivity index (χ1v) is 9.16. The summed E-state index contributed by atoms with van der Waals surface area (Å²) >= 11 is 6.63. The molecule has 0 atom stereocenters. The number of hydrogen-bond acceptors (Lipinski definition) is 4. The van der Waals surface area contributed by atoms with E-state index < -0.39 is 15.1 Å². The Balaban J connectivity index is 2.34. The van der Waals surface area contributed by atoms with Crippen molar-refractivity contribution in [1.82, 2.24) is 4.98 Å². The van der Waals surface area contributed by atoms with Gasteiger partial charge in [0.25, 0.3) is 5.24 Å². The molecule has 0 aliphatic rings. The number of sulfone groups is 1. The SMILES string of the molecule is NC(=O)Sc1[nH]c2ccc(Cl)cc2c1S(=O)(=O)c1ccccc1. The second-order valence-corrected chi connectivity index (χ2v) is 8.05. The summed E-state index contributed by atoms with van der Waals surface area (Å²) in [7, 11) is -3.83. The first-order valence-electron chi connectivity index (χ1n) is 6.48.